The van der Waals surface area contributed by atoms with Gasteiger partial charge in [0.2, 0.25) is 0 Å². The van der Waals surface area contributed by atoms with Gasteiger partial charge < -0.3 is 14.1 Å². The first kappa shape index (κ1) is 12.0. The lowest BCUT2D eigenvalue weighted by Gasteiger charge is -2.30. The first-order valence-corrected chi connectivity index (χ1v) is 6.35. The van der Waals surface area contributed by atoms with Crippen LogP contribution in [0, 0.1) is 0 Å². The monoisotopic (exact) mass is 257 g/mol. The summed E-state index contributed by atoms with van der Waals surface area (Å²) in [6.07, 6.45) is 0.723. The van der Waals surface area contributed by atoms with Gasteiger partial charge in [0.25, 0.3) is 0 Å². The largest absolute Gasteiger partial charge is 0.453 e. The van der Waals surface area contributed by atoms with E-state index in [1.807, 2.05) is 24.3 Å². The molecule has 4 heteroatoms. The van der Waals surface area contributed by atoms with Crippen LogP contribution in [0.25, 0.3) is 11.3 Å². The standard InChI is InChI=1S/C15H15NO3/c17-11-12-5-6-15(19-12)13-3-1-2-4-14(13)16-7-9-18-10-8-16/h1-6,11H,7-10H2. The zero-order chi connectivity index (χ0) is 13.1. The molecule has 19 heavy (non-hydrogen) atoms. The minimum atomic E-state index is 0.354. The Labute approximate surface area is 111 Å². The van der Waals surface area contributed by atoms with E-state index >= 15 is 0 Å². The van der Waals surface area contributed by atoms with Crippen LogP contribution in [0.5, 0.6) is 0 Å². The van der Waals surface area contributed by atoms with Crippen molar-refractivity contribution >= 4 is 12.0 Å². The maximum Gasteiger partial charge on any atom is 0.185 e. The number of carbonyl (C=O) groups excluding carboxylic acids is 1. The number of furan rings is 1. The molecule has 0 amide bonds. The molecule has 4 nitrogen and oxygen atoms in total. The number of anilines is 1. The molecule has 98 valence electrons. The van der Waals surface area contributed by atoms with Gasteiger partial charge in [0.05, 0.1) is 13.2 Å². The molecule has 0 N–H and O–H groups in total. The predicted molar refractivity (Wildman–Crippen MR) is 72.6 cm³/mol. The molecule has 0 saturated carbocycles. The third-order valence-electron chi connectivity index (χ3n) is 3.26. The molecule has 1 aromatic heterocycles. The van der Waals surface area contributed by atoms with Crippen molar-refractivity contribution < 1.29 is 13.9 Å². The van der Waals surface area contributed by atoms with Gasteiger partial charge in [-0.05, 0) is 24.3 Å². The van der Waals surface area contributed by atoms with Crippen molar-refractivity contribution in [2.45, 2.75) is 0 Å². The number of hydrogen-bond acceptors (Lipinski definition) is 4. The van der Waals surface area contributed by atoms with Gasteiger partial charge in [0, 0.05) is 24.3 Å². The SMILES string of the molecule is O=Cc1ccc(-c2ccccc2N2CCOCC2)o1. The minimum Gasteiger partial charge on any atom is -0.453 e. The summed E-state index contributed by atoms with van der Waals surface area (Å²) >= 11 is 0. The van der Waals surface area contributed by atoms with Gasteiger partial charge >= 0.3 is 0 Å². The molecule has 0 atom stereocenters. The van der Waals surface area contributed by atoms with Gasteiger partial charge in [-0.2, -0.15) is 0 Å². The van der Waals surface area contributed by atoms with Crippen molar-refractivity contribution in [3.8, 4) is 11.3 Å². The van der Waals surface area contributed by atoms with Gasteiger partial charge in [-0.1, -0.05) is 12.1 Å². The normalized spacial score (nSPS) is 15.5. The summed E-state index contributed by atoms with van der Waals surface area (Å²) < 4.78 is 10.9. The van der Waals surface area contributed by atoms with Crippen LogP contribution in [0.1, 0.15) is 10.6 Å². The summed E-state index contributed by atoms with van der Waals surface area (Å²) in [6.45, 7) is 3.23. The number of hydrogen-bond donors (Lipinski definition) is 0. The Hall–Kier alpha value is -2.07. The highest BCUT2D eigenvalue weighted by molar-refractivity contribution is 5.78. The molecule has 0 unspecified atom stereocenters. The Morgan fingerprint density at radius 2 is 1.84 bits per heavy atom. The number of morpholine rings is 1. The molecule has 0 bridgehead atoms. The van der Waals surface area contributed by atoms with Crippen LogP contribution in [0.15, 0.2) is 40.8 Å². The van der Waals surface area contributed by atoms with Crippen LogP contribution in [0.4, 0.5) is 5.69 Å². The lowest BCUT2D eigenvalue weighted by atomic mass is 10.1. The molecule has 1 fully saturated rings. The number of ether oxygens (including phenoxy) is 1. The van der Waals surface area contributed by atoms with E-state index in [2.05, 4.69) is 11.0 Å². The summed E-state index contributed by atoms with van der Waals surface area (Å²) in [5.74, 6) is 1.08. The van der Waals surface area contributed by atoms with Crippen molar-refractivity contribution in [1.82, 2.24) is 0 Å². The summed E-state index contributed by atoms with van der Waals surface area (Å²) in [6, 6.07) is 11.6. The van der Waals surface area contributed by atoms with E-state index in [1.165, 1.54) is 0 Å². The highest BCUT2D eigenvalue weighted by Crippen LogP contribution is 2.32. The van der Waals surface area contributed by atoms with E-state index < -0.39 is 0 Å². The highest BCUT2D eigenvalue weighted by Gasteiger charge is 2.16. The first-order chi connectivity index (χ1) is 9.38. The Morgan fingerprint density at radius 1 is 1.05 bits per heavy atom. The van der Waals surface area contributed by atoms with Gasteiger partial charge in [-0.3, -0.25) is 4.79 Å². The molecule has 0 radical (unpaired) electrons. The van der Waals surface area contributed by atoms with Gasteiger partial charge in [-0.15, -0.1) is 0 Å². The number of rotatable bonds is 3. The fourth-order valence-corrected chi connectivity index (χ4v) is 2.32. The fraction of sp³-hybridized carbons (Fsp3) is 0.267. The maximum atomic E-state index is 10.7. The van der Waals surface area contributed by atoms with Crippen molar-refractivity contribution in [2.24, 2.45) is 0 Å². The van der Waals surface area contributed by atoms with Crippen molar-refractivity contribution in [2.75, 3.05) is 31.2 Å². The Bertz CT molecular complexity index is 570. The van der Waals surface area contributed by atoms with Gasteiger partial charge in [-0.25, -0.2) is 0 Å². The first-order valence-electron chi connectivity index (χ1n) is 6.35. The number of aldehydes is 1. The fourth-order valence-electron chi connectivity index (χ4n) is 2.32. The van der Waals surface area contributed by atoms with Crippen LogP contribution in [0.3, 0.4) is 0 Å². The number of benzene rings is 1. The van der Waals surface area contributed by atoms with Crippen LogP contribution in [-0.4, -0.2) is 32.6 Å². The summed E-state index contributed by atoms with van der Waals surface area (Å²) in [5.41, 5.74) is 2.13. The molecular weight excluding hydrogens is 242 g/mol. The van der Waals surface area contributed by atoms with E-state index in [-0.39, 0.29) is 0 Å². The topological polar surface area (TPSA) is 42.7 Å². The molecule has 1 aliphatic heterocycles. The van der Waals surface area contributed by atoms with E-state index in [9.17, 15) is 4.79 Å². The average Bonchev–Trinajstić information content (AvgIpc) is 2.97. The predicted octanol–water partition coefficient (Wildman–Crippen LogP) is 2.60. The zero-order valence-corrected chi connectivity index (χ0v) is 10.5. The van der Waals surface area contributed by atoms with E-state index in [1.54, 1.807) is 6.07 Å². The lowest BCUT2D eigenvalue weighted by molar-refractivity contribution is 0.110. The third-order valence-corrected chi connectivity index (χ3v) is 3.26. The second kappa shape index (κ2) is 5.28. The quantitative estimate of drug-likeness (QED) is 0.793. The maximum absolute atomic E-state index is 10.7. The summed E-state index contributed by atoms with van der Waals surface area (Å²) in [4.78, 5) is 13.0. The van der Waals surface area contributed by atoms with Crippen LogP contribution >= 0.6 is 0 Å². The second-order valence-electron chi connectivity index (χ2n) is 4.44. The van der Waals surface area contributed by atoms with E-state index in [0.29, 0.717) is 5.76 Å². The molecule has 1 aliphatic rings. The van der Waals surface area contributed by atoms with Gasteiger partial charge in [0.1, 0.15) is 5.76 Å². The molecule has 1 saturated heterocycles. The van der Waals surface area contributed by atoms with Crippen molar-refractivity contribution in [3.05, 3.63) is 42.2 Å². The molecular formula is C15H15NO3. The Kier molecular flexibility index (Phi) is 3.33. The molecule has 1 aromatic carbocycles. The summed E-state index contributed by atoms with van der Waals surface area (Å²) in [5, 5.41) is 0. The van der Waals surface area contributed by atoms with Gasteiger partial charge in [0.15, 0.2) is 12.0 Å². The smallest absolute Gasteiger partial charge is 0.185 e. The van der Waals surface area contributed by atoms with Crippen LogP contribution in [0.2, 0.25) is 0 Å². The Balaban J connectivity index is 1.98. The molecule has 0 aliphatic carbocycles. The third kappa shape index (κ3) is 2.39. The van der Waals surface area contributed by atoms with E-state index in [0.717, 1.165) is 49.6 Å². The molecule has 2 heterocycles. The lowest BCUT2D eigenvalue weighted by Crippen LogP contribution is -2.36. The summed E-state index contributed by atoms with van der Waals surface area (Å²) in [7, 11) is 0. The minimum absolute atomic E-state index is 0.354. The van der Waals surface area contributed by atoms with Crippen LogP contribution in [-0.2, 0) is 4.74 Å². The highest BCUT2D eigenvalue weighted by atomic mass is 16.5. The number of carbonyl (C=O) groups is 1. The average molecular weight is 257 g/mol. The van der Waals surface area contributed by atoms with E-state index in [4.69, 9.17) is 9.15 Å². The van der Waals surface area contributed by atoms with Crippen LogP contribution < -0.4 is 4.90 Å². The van der Waals surface area contributed by atoms with Crippen molar-refractivity contribution in [3.63, 3.8) is 0 Å². The molecule has 3 rings (SSSR count). The number of nitrogens with zero attached hydrogens (tertiary/aromatic N) is 1. The van der Waals surface area contributed by atoms with Crippen molar-refractivity contribution in [1.29, 1.82) is 0 Å². The number of para-hydroxylation sites is 1. The molecule has 2 aromatic rings. The Morgan fingerprint density at radius 3 is 2.58 bits per heavy atom. The second-order valence-corrected chi connectivity index (χ2v) is 4.44. The molecule has 0 spiro atoms. The zero-order valence-electron chi connectivity index (χ0n) is 10.5.